The van der Waals surface area contributed by atoms with E-state index in [4.69, 9.17) is 9.47 Å². The highest BCUT2D eigenvalue weighted by Crippen LogP contribution is 2.53. The van der Waals surface area contributed by atoms with Crippen LogP contribution in [0.5, 0.6) is 17.2 Å². The maximum atomic E-state index is 13.2. The number of carbonyl (C=O) groups excluding carboxylic acids is 1. The third-order valence-corrected chi connectivity index (χ3v) is 5.72. The van der Waals surface area contributed by atoms with Crippen LogP contribution in [-0.2, 0) is 4.79 Å². The number of hydrogen-bond donors (Lipinski definition) is 2. The summed E-state index contributed by atoms with van der Waals surface area (Å²) in [6.45, 7) is 7.26. The smallest absolute Gasteiger partial charge is 0.328 e. The van der Waals surface area contributed by atoms with Gasteiger partial charge in [-0.05, 0) is 38.5 Å². The Balaban J connectivity index is 2.11. The van der Waals surface area contributed by atoms with E-state index in [-0.39, 0.29) is 45.8 Å². The zero-order chi connectivity index (χ0) is 22.5. The Bertz CT molecular complexity index is 1140. The van der Waals surface area contributed by atoms with Gasteiger partial charge < -0.3 is 19.7 Å². The van der Waals surface area contributed by atoms with Crippen LogP contribution in [0, 0.1) is 5.92 Å². The van der Waals surface area contributed by atoms with Gasteiger partial charge in [0, 0.05) is 11.6 Å². The number of hydrogen-bond acceptors (Lipinski definition) is 5. The predicted octanol–water partition coefficient (Wildman–Crippen LogP) is 4.69. The molecule has 2 atom stereocenters. The number of fused-ring (bicyclic) bond motifs is 3. The van der Waals surface area contributed by atoms with E-state index in [1.807, 2.05) is 26.0 Å². The van der Waals surface area contributed by atoms with Crippen molar-refractivity contribution in [2.45, 2.75) is 39.4 Å². The number of aromatic hydroxyl groups is 1. The van der Waals surface area contributed by atoms with Crippen molar-refractivity contribution in [2.24, 2.45) is 5.92 Å². The Labute approximate surface area is 180 Å². The fourth-order valence-electron chi connectivity index (χ4n) is 3.92. The molecule has 0 fully saturated rings. The molecule has 4 rings (SSSR count). The number of phenolic OH excluding ortho intramolecular Hbond substituents is 1. The molecule has 2 aliphatic rings. The van der Waals surface area contributed by atoms with Crippen LogP contribution in [0.3, 0.4) is 0 Å². The molecule has 160 valence electrons. The van der Waals surface area contributed by atoms with E-state index >= 15 is 0 Å². The zero-order valence-corrected chi connectivity index (χ0v) is 17.8. The molecule has 0 saturated heterocycles. The van der Waals surface area contributed by atoms with Crippen molar-refractivity contribution >= 4 is 23.4 Å². The van der Waals surface area contributed by atoms with Crippen molar-refractivity contribution in [3.05, 3.63) is 64.7 Å². The van der Waals surface area contributed by atoms with Crippen molar-refractivity contribution < 1.29 is 29.3 Å². The van der Waals surface area contributed by atoms with Crippen molar-refractivity contribution in [1.29, 1.82) is 0 Å². The van der Waals surface area contributed by atoms with Crippen molar-refractivity contribution in [2.75, 3.05) is 0 Å². The molecule has 6 heteroatoms. The molecule has 2 aromatic carbocycles. The zero-order valence-electron chi connectivity index (χ0n) is 17.8. The van der Waals surface area contributed by atoms with Crippen LogP contribution in [0.25, 0.3) is 11.6 Å². The van der Waals surface area contributed by atoms with Crippen molar-refractivity contribution in [3.63, 3.8) is 0 Å². The van der Waals surface area contributed by atoms with Gasteiger partial charge in [0.15, 0.2) is 5.78 Å². The van der Waals surface area contributed by atoms with Crippen LogP contribution in [-0.4, -0.2) is 33.7 Å². The summed E-state index contributed by atoms with van der Waals surface area (Å²) in [5.41, 5.74) is 0.851. The molecule has 0 bridgehead atoms. The van der Waals surface area contributed by atoms with Gasteiger partial charge in [0.1, 0.15) is 34.5 Å². The van der Waals surface area contributed by atoms with Crippen LogP contribution < -0.4 is 9.47 Å². The third-order valence-electron chi connectivity index (χ3n) is 5.72. The van der Waals surface area contributed by atoms with Gasteiger partial charge in [-0.1, -0.05) is 37.3 Å². The van der Waals surface area contributed by atoms with E-state index in [1.165, 1.54) is 0 Å². The number of carboxylic acids is 1. The summed E-state index contributed by atoms with van der Waals surface area (Å²) in [5, 5.41) is 20.9. The van der Waals surface area contributed by atoms with Crippen molar-refractivity contribution in [1.82, 2.24) is 0 Å². The van der Waals surface area contributed by atoms with Gasteiger partial charge in [-0.2, -0.15) is 0 Å². The lowest BCUT2D eigenvalue weighted by molar-refractivity contribution is -0.131. The first-order chi connectivity index (χ1) is 14.6. The summed E-state index contributed by atoms with van der Waals surface area (Å²) < 4.78 is 12.2. The second-order valence-electron chi connectivity index (χ2n) is 8.45. The minimum absolute atomic E-state index is 0.0551. The molecule has 31 heavy (non-hydrogen) atoms. The maximum Gasteiger partial charge on any atom is 0.328 e. The number of aliphatic carboxylic acids is 1. The van der Waals surface area contributed by atoms with Gasteiger partial charge >= 0.3 is 5.97 Å². The second kappa shape index (κ2) is 7.30. The minimum Gasteiger partial charge on any atom is -0.506 e. The average Bonchev–Trinajstić information content (AvgIpc) is 2.70. The molecule has 0 aromatic heterocycles. The largest absolute Gasteiger partial charge is 0.506 e. The highest BCUT2D eigenvalue weighted by molar-refractivity contribution is 6.09. The van der Waals surface area contributed by atoms with Crippen LogP contribution >= 0.6 is 0 Å². The normalized spacial score (nSPS) is 21.5. The average molecular weight is 420 g/mol. The number of rotatable bonds is 3. The van der Waals surface area contributed by atoms with E-state index in [0.717, 1.165) is 6.08 Å². The molecule has 0 amide bonds. The Morgan fingerprint density at radius 3 is 2.45 bits per heavy atom. The summed E-state index contributed by atoms with van der Waals surface area (Å²) in [6.07, 6.45) is 4.29. The molecule has 2 aromatic rings. The summed E-state index contributed by atoms with van der Waals surface area (Å²) in [5.74, 6) is -1.68. The third kappa shape index (κ3) is 3.48. The molecular weight excluding hydrogens is 396 g/mol. The monoisotopic (exact) mass is 420 g/mol. The predicted molar refractivity (Wildman–Crippen MR) is 117 cm³/mol. The van der Waals surface area contributed by atoms with E-state index in [1.54, 1.807) is 44.2 Å². The summed E-state index contributed by atoms with van der Waals surface area (Å²) in [7, 11) is 0. The second-order valence-corrected chi connectivity index (χ2v) is 8.45. The molecule has 0 radical (unpaired) electrons. The highest BCUT2D eigenvalue weighted by atomic mass is 16.5. The molecule has 2 aliphatic heterocycles. The summed E-state index contributed by atoms with van der Waals surface area (Å²) in [6, 6.07) is 8.85. The number of Topliss-reactive ketones (excluding diaryl/α,β-unsaturated/α-hetero) is 1. The Morgan fingerprint density at radius 1 is 1.13 bits per heavy atom. The SMILES string of the molecule is C[C@@H]1Oc2c3c(c(C(=CC(=O)O)c4ccccc4)c(O)c2C(=O)[C@H]1C)OC(C)(C)C=C3. The Morgan fingerprint density at radius 2 is 1.81 bits per heavy atom. The standard InChI is InChI=1S/C25H24O6/c1-13-14(2)30-23-16-10-11-25(3,4)31-24(16)19(22(29)20(23)21(13)28)17(12-18(26)27)15-8-6-5-7-9-15/h5-14,29H,1-4H3,(H,26,27)/t13-,14-/m0/s1. The molecule has 0 unspecified atom stereocenters. The van der Waals surface area contributed by atoms with Gasteiger partial charge in [-0.25, -0.2) is 4.79 Å². The van der Waals surface area contributed by atoms with E-state index < -0.39 is 17.5 Å². The lowest BCUT2D eigenvalue weighted by Crippen LogP contribution is -2.35. The first kappa shape index (κ1) is 20.7. The molecule has 2 heterocycles. The Kier molecular flexibility index (Phi) is 4.88. The van der Waals surface area contributed by atoms with Crippen molar-refractivity contribution in [3.8, 4) is 17.2 Å². The van der Waals surface area contributed by atoms with Crippen LogP contribution in [0.1, 0.15) is 54.7 Å². The number of benzene rings is 2. The minimum atomic E-state index is -1.18. The summed E-state index contributed by atoms with van der Waals surface area (Å²) >= 11 is 0. The molecular formula is C25H24O6. The summed E-state index contributed by atoms with van der Waals surface area (Å²) in [4.78, 5) is 24.9. The lowest BCUT2D eigenvalue weighted by Gasteiger charge is -2.35. The quantitative estimate of drug-likeness (QED) is 0.700. The molecule has 6 nitrogen and oxygen atoms in total. The van der Waals surface area contributed by atoms with Gasteiger partial charge in [0.05, 0.1) is 17.0 Å². The molecule has 0 aliphatic carbocycles. The van der Waals surface area contributed by atoms with Gasteiger partial charge in [0.25, 0.3) is 0 Å². The van der Waals surface area contributed by atoms with Crippen LogP contribution in [0.2, 0.25) is 0 Å². The van der Waals surface area contributed by atoms with E-state index in [9.17, 15) is 19.8 Å². The van der Waals surface area contributed by atoms with E-state index in [0.29, 0.717) is 11.1 Å². The Hall–Kier alpha value is -3.54. The van der Waals surface area contributed by atoms with Crippen LogP contribution in [0.4, 0.5) is 0 Å². The maximum absolute atomic E-state index is 13.2. The first-order valence-electron chi connectivity index (χ1n) is 10.1. The number of phenols is 1. The topological polar surface area (TPSA) is 93.1 Å². The first-order valence-corrected chi connectivity index (χ1v) is 10.1. The molecule has 0 saturated carbocycles. The number of ether oxygens (including phenoxy) is 2. The lowest BCUT2D eigenvalue weighted by atomic mass is 9.83. The van der Waals surface area contributed by atoms with Gasteiger partial charge in [0.2, 0.25) is 0 Å². The fourth-order valence-corrected chi connectivity index (χ4v) is 3.92. The van der Waals surface area contributed by atoms with Gasteiger partial charge in [-0.15, -0.1) is 0 Å². The molecule has 2 N–H and O–H groups in total. The highest BCUT2D eigenvalue weighted by Gasteiger charge is 2.40. The number of carboxylic acid groups (broad SMARTS) is 1. The molecule has 0 spiro atoms. The van der Waals surface area contributed by atoms with Gasteiger partial charge in [-0.3, -0.25) is 4.79 Å². The van der Waals surface area contributed by atoms with E-state index in [2.05, 4.69) is 0 Å². The number of ketones is 1. The van der Waals surface area contributed by atoms with Crippen LogP contribution in [0.15, 0.2) is 42.5 Å². The fraction of sp³-hybridized carbons (Fsp3) is 0.280. The number of carbonyl (C=O) groups is 2.